The highest BCUT2D eigenvalue weighted by molar-refractivity contribution is 7.90. The maximum atomic E-state index is 12.2. The van der Waals surface area contributed by atoms with Crippen molar-refractivity contribution in [3.8, 4) is 11.1 Å². The number of piperazine rings is 1. The van der Waals surface area contributed by atoms with E-state index in [-0.39, 0.29) is 17.3 Å². The van der Waals surface area contributed by atoms with Gasteiger partial charge in [-0.3, -0.25) is 4.79 Å². The maximum Gasteiger partial charge on any atom is 0.240 e. The second-order valence-electron chi connectivity index (χ2n) is 5.54. The summed E-state index contributed by atoms with van der Waals surface area (Å²) in [6.45, 7) is 1.50. The molecule has 0 atom stereocenters. The van der Waals surface area contributed by atoms with Gasteiger partial charge in [0, 0.05) is 30.6 Å². The van der Waals surface area contributed by atoms with Crippen molar-refractivity contribution in [2.75, 3.05) is 30.8 Å². The van der Waals surface area contributed by atoms with Gasteiger partial charge in [-0.1, -0.05) is 36.4 Å². The Morgan fingerprint density at radius 1 is 1.09 bits per heavy atom. The van der Waals surface area contributed by atoms with Crippen molar-refractivity contribution in [2.24, 2.45) is 0 Å². The van der Waals surface area contributed by atoms with Crippen LogP contribution in [-0.4, -0.2) is 40.2 Å². The average molecular weight is 330 g/mol. The van der Waals surface area contributed by atoms with E-state index in [1.54, 1.807) is 23.1 Å². The van der Waals surface area contributed by atoms with Crippen LogP contribution in [0.4, 0.5) is 5.69 Å². The molecule has 2 aromatic carbocycles. The Hall–Kier alpha value is -2.18. The van der Waals surface area contributed by atoms with E-state index in [1.807, 2.05) is 30.3 Å². The van der Waals surface area contributed by atoms with Crippen molar-refractivity contribution < 1.29 is 13.2 Å². The Bertz CT molecular complexity index is 832. The molecule has 23 heavy (non-hydrogen) atoms. The minimum atomic E-state index is -3.41. The Labute approximate surface area is 135 Å². The first-order chi connectivity index (χ1) is 11.0. The minimum Gasteiger partial charge on any atom is -0.310 e. The lowest BCUT2D eigenvalue weighted by atomic mass is 10.0. The molecule has 0 saturated carbocycles. The molecule has 0 unspecified atom stereocenters. The van der Waals surface area contributed by atoms with E-state index >= 15 is 0 Å². The standard InChI is InChI=1S/C17H18N2O3S/c1-23(21,22)16-11-14(19-10-9-18-12-17(19)20)7-8-15(16)13-5-3-2-4-6-13/h2-8,11,18H,9-10,12H2,1H3. The van der Waals surface area contributed by atoms with E-state index in [1.165, 1.54) is 6.26 Å². The summed E-state index contributed by atoms with van der Waals surface area (Å²) >= 11 is 0. The molecule has 0 aromatic heterocycles. The van der Waals surface area contributed by atoms with Gasteiger partial charge in [-0.05, 0) is 17.7 Å². The zero-order chi connectivity index (χ0) is 16.4. The summed E-state index contributed by atoms with van der Waals surface area (Å²) in [6, 6.07) is 14.6. The van der Waals surface area contributed by atoms with Crippen molar-refractivity contribution in [2.45, 2.75) is 4.90 Å². The second-order valence-corrected chi connectivity index (χ2v) is 7.52. The lowest BCUT2D eigenvalue weighted by Gasteiger charge is -2.28. The lowest BCUT2D eigenvalue weighted by molar-refractivity contribution is -0.118. The fourth-order valence-corrected chi connectivity index (χ4v) is 3.64. The van der Waals surface area contributed by atoms with Crippen LogP contribution in [0.15, 0.2) is 53.4 Å². The summed E-state index contributed by atoms with van der Waals surface area (Å²) in [7, 11) is -3.41. The van der Waals surface area contributed by atoms with Gasteiger partial charge in [0.2, 0.25) is 5.91 Å². The zero-order valence-corrected chi connectivity index (χ0v) is 13.6. The van der Waals surface area contributed by atoms with Gasteiger partial charge in [-0.15, -0.1) is 0 Å². The molecule has 0 aliphatic carbocycles. The Balaban J connectivity index is 2.12. The molecular formula is C17H18N2O3S. The van der Waals surface area contributed by atoms with Crippen LogP contribution >= 0.6 is 0 Å². The van der Waals surface area contributed by atoms with Crippen LogP contribution in [0.5, 0.6) is 0 Å². The van der Waals surface area contributed by atoms with Crippen LogP contribution in [-0.2, 0) is 14.6 Å². The molecule has 1 N–H and O–H groups in total. The minimum absolute atomic E-state index is 0.0526. The van der Waals surface area contributed by atoms with Crippen LogP contribution in [0.2, 0.25) is 0 Å². The van der Waals surface area contributed by atoms with Gasteiger partial charge in [0.15, 0.2) is 9.84 Å². The smallest absolute Gasteiger partial charge is 0.240 e. The molecule has 3 rings (SSSR count). The van der Waals surface area contributed by atoms with Gasteiger partial charge in [-0.25, -0.2) is 8.42 Å². The quantitative estimate of drug-likeness (QED) is 0.930. The van der Waals surface area contributed by atoms with E-state index in [4.69, 9.17) is 0 Å². The highest BCUT2D eigenvalue weighted by Crippen LogP contribution is 2.31. The zero-order valence-electron chi connectivity index (χ0n) is 12.8. The summed E-state index contributed by atoms with van der Waals surface area (Å²) in [5, 5.41) is 3.01. The van der Waals surface area contributed by atoms with Gasteiger partial charge < -0.3 is 10.2 Å². The van der Waals surface area contributed by atoms with Crippen molar-refractivity contribution in [3.05, 3.63) is 48.5 Å². The van der Waals surface area contributed by atoms with Gasteiger partial charge in [0.25, 0.3) is 0 Å². The third-order valence-corrected chi connectivity index (χ3v) is 4.99. The molecule has 1 aliphatic rings. The van der Waals surface area contributed by atoms with Crippen LogP contribution in [0.3, 0.4) is 0 Å². The molecule has 6 heteroatoms. The number of sulfone groups is 1. The molecule has 1 aliphatic heterocycles. The molecule has 5 nitrogen and oxygen atoms in total. The number of carbonyl (C=O) groups is 1. The van der Waals surface area contributed by atoms with E-state index in [2.05, 4.69) is 5.32 Å². The van der Waals surface area contributed by atoms with Crippen molar-refractivity contribution in [1.29, 1.82) is 0 Å². The number of hydrogen-bond acceptors (Lipinski definition) is 4. The molecule has 1 fully saturated rings. The molecule has 0 radical (unpaired) electrons. The number of benzene rings is 2. The highest BCUT2D eigenvalue weighted by Gasteiger charge is 2.22. The first-order valence-corrected chi connectivity index (χ1v) is 9.26. The average Bonchev–Trinajstić information content (AvgIpc) is 2.55. The van der Waals surface area contributed by atoms with Crippen LogP contribution in [0.25, 0.3) is 11.1 Å². The predicted molar refractivity (Wildman–Crippen MR) is 90.2 cm³/mol. The van der Waals surface area contributed by atoms with Crippen molar-refractivity contribution in [1.82, 2.24) is 5.32 Å². The first kappa shape index (κ1) is 15.7. The number of carbonyl (C=O) groups excluding carboxylic acids is 1. The monoisotopic (exact) mass is 330 g/mol. The summed E-state index contributed by atoms with van der Waals surface area (Å²) < 4.78 is 24.5. The third kappa shape index (κ3) is 3.28. The first-order valence-electron chi connectivity index (χ1n) is 7.37. The van der Waals surface area contributed by atoms with Gasteiger partial charge in [0.1, 0.15) is 0 Å². The lowest BCUT2D eigenvalue weighted by Crippen LogP contribution is -2.48. The van der Waals surface area contributed by atoms with Crippen molar-refractivity contribution in [3.63, 3.8) is 0 Å². The van der Waals surface area contributed by atoms with E-state index in [9.17, 15) is 13.2 Å². The predicted octanol–water partition coefficient (Wildman–Crippen LogP) is 1.69. The van der Waals surface area contributed by atoms with E-state index in [0.717, 1.165) is 5.56 Å². The molecule has 2 aromatic rings. The number of nitrogens with one attached hydrogen (secondary N) is 1. The number of rotatable bonds is 3. The molecule has 0 spiro atoms. The van der Waals surface area contributed by atoms with E-state index in [0.29, 0.717) is 24.3 Å². The summed E-state index contributed by atoms with van der Waals surface area (Å²) in [6.07, 6.45) is 1.19. The molecular weight excluding hydrogens is 312 g/mol. The van der Waals surface area contributed by atoms with Crippen LogP contribution in [0, 0.1) is 0 Å². The number of anilines is 1. The number of hydrogen-bond donors (Lipinski definition) is 1. The number of amides is 1. The Kier molecular flexibility index (Phi) is 4.19. The SMILES string of the molecule is CS(=O)(=O)c1cc(N2CCNCC2=O)ccc1-c1ccccc1. The summed E-state index contributed by atoms with van der Waals surface area (Å²) in [4.78, 5) is 13.9. The maximum absolute atomic E-state index is 12.2. The van der Waals surface area contributed by atoms with Gasteiger partial charge in [0.05, 0.1) is 11.4 Å². The molecule has 1 heterocycles. The molecule has 1 amide bonds. The number of nitrogens with zero attached hydrogens (tertiary/aromatic N) is 1. The fourth-order valence-electron chi connectivity index (χ4n) is 2.72. The van der Waals surface area contributed by atoms with Gasteiger partial charge in [-0.2, -0.15) is 0 Å². The molecule has 120 valence electrons. The summed E-state index contributed by atoms with van der Waals surface area (Å²) in [5.41, 5.74) is 2.11. The molecule has 0 bridgehead atoms. The van der Waals surface area contributed by atoms with Crippen LogP contribution in [0.1, 0.15) is 0 Å². The van der Waals surface area contributed by atoms with Gasteiger partial charge >= 0.3 is 0 Å². The third-order valence-electron chi connectivity index (χ3n) is 3.85. The normalized spacial score (nSPS) is 15.7. The summed E-state index contributed by atoms with van der Waals surface area (Å²) in [5.74, 6) is -0.0526. The van der Waals surface area contributed by atoms with Crippen molar-refractivity contribution >= 4 is 21.4 Å². The largest absolute Gasteiger partial charge is 0.310 e. The molecule has 1 saturated heterocycles. The second kappa shape index (κ2) is 6.14. The van der Waals surface area contributed by atoms with E-state index < -0.39 is 9.84 Å². The fraction of sp³-hybridized carbons (Fsp3) is 0.235. The highest BCUT2D eigenvalue weighted by atomic mass is 32.2. The Morgan fingerprint density at radius 3 is 2.48 bits per heavy atom. The Morgan fingerprint density at radius 2 is 1.83 bits per heavy atom. The topological polar surface area (TPSA) is 66.5 Å². The van der Waals surface area contributed by atoms with Crippen LogP contribution < -0.4 is 10.2 Å².